The van der Waals surface area contributed by atoms with Crippen LogP contribution < -0.4 is 11.1 Å². The number of hydrogen-bond donors (Lipinski definition) is 2. The fourth-order valence-corrected chi connectivity index (χ4v) is 2.23. The molecule has 0 radical (unpaired) electrons. The second-order valence-electron chi connectivity index (χ2n) is 5.11. The van der Waals surface area contributed by atoms with E-state index in [4.69, 9.17) is 5.73 Å². The normalized spacial score (nSPS) is 12.1. The van der Waals surface area contributed by atoms with E-state index in [1.807, 2.05) is 36.7 Å². The van der Waals surface area contributed by atoms with E-state index in [1.54, 1.807) is 6.20 Å². The maximum atomic E-state index is 12.2. The largest absolute Gasteiger partial charge is 0.348 e. The van der Waals surface area contributed by atoms with Crippen LogP contribution in [0.4, 0.5) is 0 Å². The van der Waals surface area contributed by atoms with E-state index in [2.05, 4.69) is 22.5 Å². The maximum absolute atomic E-state index is 12.2. The molecule has 5 heteroatoms. The lowest BCUT2D eigenvalue weighted by molar-refractivity contribution is 0.0940. The van der Waals surface area contributed by atoms with E-state index in [9.17, 15) is 4.79 Å². The van der Waals surface area contributed by atoms with Gasteiger partial charge in [0.15, 0.2) is 0 Å². The van der Waals surface area contributed by atoms with Gasteiger partial charge in [-0.05, 0) is 18.9 Å². The van der Waals surface area contributed by atoms with Gasteiger partial charge in [-0.25, -0.2) is 0 Å². The van der Waals surface area contributed by atoms with E-state index >= 15 is 0 Å². The number of carbonyl (C=O) groups is 1. The smallest absolute Gasteiger partial charge is 0.255 e. The van der Waals surface area contributed by atoms with E-state index < -0.39 is 0 Å². The van der Waals surface area contributed by atoms with Gasteiger partial charge in [-0.15, -0.1) is 0 Å². The second-order valence-corrected chi connectivity index (χ2v) is 5.11. The van der Waals surface area contributed by atoms with Gasteiger partial charge in [-0.1, -0.05) is 37.3 Å². The van der Waals surface area contributed by atoms with E-state index in [-0.39, 0.29) is 11.9 Å². The summed E-state index contributed by atoms with van der Waals surface area (Å²) < 4.78 is 1.89. The molecule has 112 valence electrons. The fourth-order valence-electron chi connectivity index (χ4n) is 2.23. The first-order valence-corrected chi connectivity index (χ1v) is 7.25. The van der Waals surface area contributed by atoms with Crippen LogP contribution in [0.5, 0.6) is 0 Å². The summed E-state index contributed by atoms with van der Waals surface area (Å²) in [6.07, 6.45) is 2.40. The standard InChI is InChI=1S/C16H22N4O/c1-3-15-14(16(21)19-12(2)9-17)10-18-20(15)11-13-7-5-4-6-8-13/h4-8,10,12H,3,9,11,17H2,1-2H3,(H,19,21)/t12-/m0/s1. The van der Waals surface area contributed by atoms with Crippen molar-refractivity contribution in [2.24, 2.45) is 5.73 Å². The zero-order chi connectivity index (χ0) is 15.2. The predicted molar refractivity (Wildman–Crippen MR) is 83.1 cm³/mol. The molecular formula is C16H22N4O. The minimum absolute atomic E-state index is 0.0420. The SMILES string of the molecule is CCc1c(C(=O)N[C@@H](C)CN)cnn1Cc1ccccc1. The number of nitrogens with two attached hydrogens (primary N) is 1. The molecular weight excluding hydrogens is 264 g/mol. The molecule has 1 atom stereocenters. The molecule has 0 unspecified atom stereocenters. The predicted octanol–water partition coefficient (Wildman–Crippen LogP) is 1.57. The van der Waals surface area contributed by atoms with Crippen LogP contribution in [-0.4, -0.2) is 28.3 Å². The molecule has 0 saturated heterocycles. The van der Waals surface area contributed by atoms with Gasteiger partial charge >= 0.3 is 0 Å². The quantitative estimate of drug-likeness (QED) is 0.846. The number of aromatic nitrogens is 2. The summed E-state index contributed by atoms with van der Waals surface area (Å²) in [4.78, 5) is 12.2. The van der Waals surface area contributed by atoms with Crippen LogP contribution >= 0.6 is 0 Å². The molecule has 1 amide bonds. The van der Waals surface area contributed by atoms with E-state index in [0.29, 0.717) is 18.7 Å². The molecule has 0 aliphatic carbocycles. The van der Waals surface area contributed by atoms with Gasteiger partial charge in [0.05, 0.1) is 24.0 Å². The lowest BCUT2D eigenvalue weighted by atomic mass is 10.1. The zero-order valence-electron chi connectivity index (χ0n) is 12.5. The van der Waals surface area contributed by atoms with Crippen LogP contribution in [0, 0.1) is 0 Å². The number of carbonyl (C=O) groups excluding carboxylic acids is 1. The molecule has 1 aromatic heterocycles. The van der Waals surface area contributed by atoms with E-state index in [0.717, 1.165) is 17.7 Å². The van der Waals surface area contributed by atoms with Crippen molar-refractivity contribution in [1.82, 2.24) is 15.1 Å². The number of hydrogen-bond acceptors (Lipinski definition) is 3. The summed E-state index contributed by atoms with van der Waals surface area (Å²) in [5.74, 6) is -0.107. The van der Waals surface area contributed by atoms with Crippen LogP contribution in [0.15, 0.2) is 36.5 Å². The van der Waals surface area contributed by atoms with Crippen molar-refractivity contribution in [3.05, 3.63) is 53.3 Å². The molecule has 2 aromatic rings. The second kappa shape index (κ2) is 7.04. The molecule has 2 rings (SSSR count). The van der Waals surface area contributed by atoms with Crippen LogP contribution in [0.3, 0.4) is 0 Å². The minimum atomic E-state index is -0.107. The Morgan fingerprint density at radius 3 is 2.71 bits per heavy atom. The van der Waals surface area contributed by atoms with Gasteiger partial charge in [0.25, 0.3) is 5.91 Å². The number of benzene rings is 1. The third-order valence-electron chi connectivity index (χ3n) is 3.43. The Morgan fingerprint density at radius 2 is 2.10 bits per heavy atom. The minimum Gasteiger partial charge on any atom is -0.348 e. The Morgan fingerprint density at radius 1 is 1.38 bits per heavy atom. The third-order valence-corrected chi connectivity index (χ3v) is 3.43. The van der Waals surface area contributed by atoms with Crippen molar-refractivity contribution in [3.8, 4) is 0 Å². The molecule has 0 aliphatic heterocycles. The Kier molecular flexibility index (Phi) is 5.11. The summed E-state index contributed by atoms with van der Waals surface area (Å²) in [5.41, 5.74) is 8.28. The van der Waals surface area contributed by atoms with Crippen LogP contribution in [0.25, 0.3) is 0 Å². The van der Waals surface area contributed by atoms with Gasteiger partial charge in [0, 0.05) is 12.6 Å². The summed E-state index contributed by atoms with van der Waals surface area (Å²) in [6, 6.07) is 10.1. The number of rotatable bonds is 6. The van der Waals surface area contributed by atoms with Crippen LogP contribution in [-0.2, 0) is 13.0 Å². The van der Waals surface area contributed by atoms with Gasteiger partial charge < -0.3 is 11.1 Å². The van der Waals surface area contributed by atoms with Crippen molar-refractivity contribution in [2.45, 2.75) is 32.9 Å². The molecule has 0 aliphatic rings. The summed E-state index contributed by atoms with van der Waals surface area (Å²) >= 11 is 0. The molecule has 21 heavy (non-hydrogen) atoms. The van der Waals surface area contributed by atoms with Crippen LogP contribution in [0.2, 0.25) is 0 Å². The highest BCUT2D eigenvalue weighted by Crippen LogP contribution is 2.12. The van der Waals surface area contributed by atoms with Crippen molar-refractivity contribution >= 4 is 5.91 Å². The molecule has 3 N–H and O–H groups in total. The fraction of sp³-hybridized carbons (Fsp3) is 0.375. The lowest BCUT2D eigenvalue weighted by Gasteiger charge is -2.12. The molecule has 1 aromatic carbocycles. The topological polar surface area (TPSA) is 72.9 Å². The van der Waals surface area contributed by atoms with Gasteiger partial charge in [-0.2, -0.15) is 5.10 Å². The molecule has 0 spiro atoms. The Hall–Kier alpha value is -2.14. The number of amides is 1. The van der Waals surface area contributed by atoms with Gasteiger partial charge in [-0.3, -0.25) is 9.48 Å². The summed E-state index contributed by atoms with van der Waals surface area (Å²) in [7, 11) is 0. The van der Waals surface area contributed by atoms with Crippen LogP contribution in [0.1, 0.15) is 35.5 Å². The monoisotopic (exact) mass is 286 g/mol. The Balaban J connectivity index is 2.20. The average molecular weight is 286 g/mol. The Bertz CT molecular complexity index is 592. The van der Waals surface area contributed by atoms with Crippen molar-refractivity contribution in [2.75, 3.05) is 6.54 Å². The van der Waals surface area contributed by atoms with Crippen molar-refractivity contribution in [1.29, 1.82) is 0 Å². The van der Waals surface area contributed by atoms with Gasteiger partial charge in [0.2, 0.25) is 0 Å². The highest BCUT2D eigenvalue weighted by molar-refractivity contribution is 5.95. The van der Waals surface area contributed by atoms with Crippen molar-refractivity contribution in [3.63, 3.8) is 0 Å². The first-order valence-electron chi connectivity index (χ1n) is 7.25. The van der Waals surface area contributed by atoms with Gasteiger partial charge in [0.1, 0.15) is 0 Å². The Labute approximate surface area is 125 Å². The molecule has 1 heterocycles. The first-order chi connectivity index (χ1) is 10.2. The zero-order valence-corrected chi connectivity index (χ0v) is 12.5. The summed E-state index contributed by atoms with van der Waals surface area (Å²) in [6.45, 7) is 5.01. The first kappa shape index (κ1) is 15.3. The molecule has 0 saturated carbocycles. The maximum Gasteiger partial charge on any atom is 0.255 e. The van der Waals surface area contributed by atoms with E-state index in [1.165, 1.54) is 0 Å². The lowest BCUT2D eigenvalue weighted by Crippen LogP contribution is -2.38. The van der Waals surface area contributed by atoms with Crippen molar-refractivity contribution < 1.29 is 4.79 Å². The number of nitrogens with one attached hydrogen (secondary N) is 1. The summed E-state index contributed by atoms with van der Waals surface area (Å²) in [5, 5.41) is 7.24. The average Bonchev–Trinajstić information content (AvgIpc) is 2.90. The molecule has 5 nitrogen and oxygen atoms in total. The number of nitrogens with zero attached hydrogens (tertiary/aromatic N) is 2. The highest BCUT2D eigenvalue weighted by atomic mass is 16.1. The third kappa shape index (κ3) is 3.70. The molecule has 0 bridgehead atoms. The highest BCUT2D eigenvalue weighted by Gasteiger charge is 2.17. The molecule has 0 fully saturated rings.